The Labute approximate surface area is 162 Å². The lowest BCUT2D eigenvalue weighted by Gasteiger charge is -2.30. The molecule has 1 aliphatic heterocycles. The highest BCUT2D eigenvalue weighted by Gasteiger charge is 2.50. The standard InChI is InChI=1S/C21H29NO4S/c1-6-8-13-21(4)15-22(14-19(21)18(7-2)20(23)26-5)27(24,25)17-11-9-16(3)10-12-17/h7-13,18-19H,2,6,14-15H2,1,3-5H3/b13-8+/t18-,19+,21-/m0/s1. The van der Waals surface area contributed by atoms with Crippen LogP contribution in [-0.2, 0) is 19.6 Å². The lowest BCUT2D eigenvalue weighted by atomic mass is 9.72. The molecule has 0 amide bonds. The Morgan fingerprint density at radius 3 is 2.56 bits per heavy atom. The maximum absolute atomic E-state index is 13.2. The zero-order valence-corrected chi connectivity index (χ0v) is 17.3. The summed E-state index contributed by atoms with van der Waals surface area (Å²) in [4.78, 5) is 12.5. The second-order valence-corrected chi connectivity index (χ2v) is 9.26. The number of carbonyl (C=O) groups excluding carboxylic acids is 1. The van der Waals surface area contributed by atoms with Gasteiger partial charge >= 0.3 is 5.97 Å². The number of allylic oxidation sites excluding steroid dienone is 1. The number of hydrogen-bond donors (Lipinski definition) is 0. The highest BCUT2D eigenvalue weighted by Crippen LogP contribution is 2.44. The Hall–Kier alpha value is -1.92. The number of carbonyl (C=O) groups is 1. The summed E-state index contributed by atoms with van der Waals surface area (Å²) in [6, 6.07) is 6.83. The minimum atomic E-state index is -3.65. The van der Waals surface area contributed by atoms with E-state index in [1.165, 1.54) is 11.4 Å². The maximum atomic E-state index is 13.2. The fraction of sp³-hybridized carbons (Fsp3) is 0.476. The average Bonchev–Trinajstić information content (AvgIpc) is 2.99. The molecule has 0 N–H and O–H groups in total. The SMILES string of the molecule is C=C[C@H](C(=O)OC)[C@H]1CN(S(=O)(=O)c2ccc(C)cc2)C[C@]1(C)/C=C/CC. The van der Waals surface area contributed by atoms with Gasteiger partial charge in [0.2, 0.25) is 10.0 Å². The number of hydrogen-bond acceptors (Lipinski definition) is 4. The minimum absolute atomic E-state index is 0.243. The fourth-order valence-electron chi connectivity index (χ4n) is 3.68. The molecule has 2 rings (SSSR count). The molecule has 0 radical (unpaired) electrons. The summed E-state index contributed by atoms with van der Waals surface area (Å²) in [5.74, 6) is -1.20. The van der Waals surface area contributed by atoms with Crippen LogP contribution in [0.3, 0.4) is 0 Å². The predicted octanol–water partition coefficient (Wildman–Crippen LogP) is 3.56. The molecule has 0 bridgehead atoms. The number of benzene rings is 1. The summed E-state index contributed by atoms with van der Waals surface area (Å²) in [6.07, 6.45) is 6.45. The van der Waals surface area contributed by atoms with Gasteiger partial charge < -0.3 is 4.74 Å². The minimum Gasteiger partial charge on any atom is -0.469 e. The van der Waals surface area contributed by atoms with Crippen molar-refractivity contribution in [1.82, 2.24) is 4.31 Å². The van der Waals surface area contributed by atoms with Crippen molar-refractivity contribution in [3.05, 3.63) is 54.6 Å². The summed E-state index contributed by atoms with van der Waals surface area (Å²) >= 11 is 0. The van der Waals surface area contributed by atoms with Crippen LogP contribution in [0.4, 0.5) is 0 Å². The van der Waals surface area contributed by atoms with Crippen LogP contribution < -0.4 is 0 Å². The zero-order chi connectivity index (χ0) is 20.2. The zero-order valence-electron chi connectivity index (χ0n) is 16.5. The topological polar surface area (TPSA) is 63.7 Å². The van der Waals surface area contributed by atoms with E-state index in [4.69, 9.17) is 4.74 Å². The van der Waals surface area contributed by atoms with Crippen LogP contribution in [0.15, 0.2) is 54.0 Å². The molecule has 0 spiro atoms. The van der Waals surface area contributed by atoms with Gasteiger partial charge in [-0.15, -0.1) is 6.58 Å². The number of aryl methyl sites for hydroxylation is 1. The van der Waals surface area contributed by atoms with Gasteiger partial charge in [0.1, 0.15) is 0 Å². The summed E-state index contributed by atoms with van der Waals surface area (Å²) in [5, 5.41) is 0. The van der Waals surface area contributed by atoms with Crippen LogP contribution in [0.1, 0.15) is 25.8 Å². The van der Waals surface area contributed by atoms with Crippen molar-refractivity contribution in [1.29, 1.82) is 0 Å². The first kappa shape index (κ1) is 21.4. The van der Waals surface area contributed by atoms with E-state index in [-0.39, 0.29) is 23.3 Å². The number of esters is 1. The third-order valence-corrected chi connectivity index (χ3v) is 7.14. The quantitative estimate of drug-likeness (QED) is 0.527. The van der Waals surface area contributed by atoms with E-state index in [1.807, 2.05) is 32.9 Å². The molecule has 0 aromatic heterocycles. The number of ether oxygens (including phenoxy) is 1. The van der Waals surface area contributed by atoms with Crippen LogP contribution in [0.5, 0.6) is 0 Å². The van der Waals surface area contributed by atoms with Gasteiger partial charge in [-0.2, -0.15) is 4.31 Å². The fourth-order valence-corrected chi connectivity index (χ4v) is 5.26. The number of sulfonamides is 1. The van der Waals surface area contributed by atoms with E-state index in [2.05, 4.69) is 6.58 Å². The second-order valence-electron chi connectivity index (χ2n) is 7.32. The molecule has 1 heterocycles. The first-order valence-electron chi connectivity index (χ1n) is 9.14. The van der Waals surface area contributed by atoms with Gasteiger partial charge in [0, 0.05) is 18.5 Å². The molecule has 1 aliphatic rings. The molecule has 1 saturated heterocycles. The van der Waals surface area contributed by atoms with Crippen molar-refractivity contribution in [2.24, 2.45) is 17.3 Å². The lowest BCUT2D eigenvalue weighted by Crippen LogP contribution is -2.34. The van der Waals surface area contributed by atoms with Gasteiger partial charge in [0.25, 0.3) is 0 Å². The third-order valence-electron chi connectivity index (χ3n) is 5.32. The molecule has 1 aromatic carbocycles. The molecular formula is C21H29NO4S. The number of nitrogens with zero attached hydrogens (tertiary/aromatic N) is 1. The van der Waals surface area contributed by atoms with Crippen LogP contribution in [0.25, 0.3) is 0 Å². The predicted molar refractivity (Wildman–Crippen MR) is 107 cm³/mol. The Morgan fingerprint density at radius 1 is 1.41 bits per heavy atom. The maximum Gasteiger partial charge on any atom is 0.312 e. The van der Waals surface area contributed by atoms with Crippen LogP contribution in [0, 0.1) is 24.2 Å². The van der Waals surface area contributed by atoms with Crippen molar-refractivity contribution < 1.29 is 17.9 Å². The molecular weight excluding hydrogens is 362 g/mol. The summed E-state index contributed by atoms with van der Waals surface area (Å²) < 4.78 is 32.7. The molecule has 0 aliphatic carbocycles. The molecule has 1 fully saturated rings. The highest BCUT2D eigenvalue weighted by molar-refractivity contribution is 7.89. The van der Waals surface area contributed by atoms with Gasteiger partial charge in [0.15, 0.2) is 0 Å². The highest BCUT2D eigenvalue weighted by atomic mass is 32.2. The molecule has 1 aromatic rings. The summed E-state index contributed by atoms with van der Waals surface area (Å²) in [5.41, 5.74) is 0.516. The van der Waals surface area contributed by atoms with Gasteiger partial charge in [-0.05, 0) is 31.4 Å². The first-order valence-corrected chi connectivity index (χ1v) is 10.6. The van der Waals surface area contributed by atoms with E-state index in [0.29, 0.717) is 6.54 Å². The second kappa shape index (κ2) is 8.40. The molecule has 6 heteroatoms. The lowest BCUT2D eigenvalue weighted by molar-refractivity contribution is -0.146. The molecule has 0 unspecified atom stereocenters. The Morgan fingerprint density at radius 2 is 2.04 bits per heavy atom. The summed E-state index contributed by atoms with van der Waals surface area (Å²) in [6.45, 7) is 10.3. The normalized spacial score (nSPS) is 24.8. The number of rotatable bonds is 7. The van der Waals surface area contributed by atoms with E-state index in [1.54, 1.807) is 30.3 Å². The van der Waals surface area contributed by atoms with E-state index < -0.39 is 21.4 Å². The third kappa shape index (κ3) is 4.33. The molecule has 148 valence electrons. The monoisotopic (exact) mass is 391 g/mol. The van der Waals surface area contributed by atoms with E-state index >= 15 is 0 Å². The van der Waals surface area contributed by atoms with Crippen LogP contribution in [-0.4, -0.2) is 38.9 Å². The van der Waals surface area contributed by atoms with Gasteiger partial charge in [0.05, 0.1) is 17.9 Å². The molecule has 27 heavy (non-hydrogen) atoms. The van der Waals surface area contributed by atoms with Crippen LogP contribution in [0.2, 0.25) is 0 Å². The molecule has 5 nitrogen and oxygen atoms in total. The van der Waals surface area contributed by atoms with Crippen molar-refractivity contribution in [2.75, 3.05) is 20.2 Å². The van der Waals surface area contributed by atoms with Gasteiger partial charge in [-0.1, -0.05) is 49.8 Å². The van der Waals surface area contributed by atoms with Crippen molar-refractivity contribution in [2.45, 2.75) is 32.1 Å². The van der Waals surface area contributed by atoms with Crippen molar-refractivity contribution in [3.8, 4) is 0 Å². The van der Waals surface area contributed by atoms with Gasteiger partial charge in [-0.25, -0.2) is 8.42 Å². The molecule has 3 atom stereocenters. The summed E-state index contributed by atoms with van der Waals surface area (Å²) in [7, 11) is -2.30. The van der Waals surface area contributed by atoms with E-state index in [9.17, 15) is 13.2 Å². The Kier molecular flexibility index (Phi) is 6.65. The first-order chi connectivity index (χ1) is 12.7. The van der Waals surface area contributed by atoms with E-state index in [0.717, 1.165) is 12.0 Å². The Bertz CT molecular complexity index is 813. The number of methoxy groups -OCH3 is 1. The van der Waals surface area contributed by atoms with Crippen molar-refractivity contribution >= 4 is 16.0 Å². The molecule has 0 saturated carbocycles. The smallest absolute Gasteiger partial charge is 0.312 e. The Balaban J connectivity index is 2.44. The average molecular weight is 392 g/mol. The van der Waals surface area contributed by atoms with Crippen molar-refractivity contribution in [3.63, 3.8) is 0 Å². The largest absolute Gasteiger partial charge is 0.469 e. The van der Waals surface area contributed by atoms with Gasteiger partial charge in [-0.3, -0.25) is 4.79 Å². The van der Waals surface area contributed by atoms with Crippen LogP contribution >= 0.6 is 0 Å².